The van der Waals surface area contributed by atoms with Crippen LogP contribution in [0.2, 0.25) is 5.15 Å². The molecule has 1 aliphatic carbocycles. The zero-order valence-electron chi connectivity index (χ0n) is 20.1. The van der Waals surface area contributed by atoms with Gasteiger partial charge < -0.3 is 9.84 Å². The highest BCUT2D eigenvalue weighted by Gasteiger charge is 2.36. The average molecular weight is 532 g/mol. The number of amides is 1. The Hall–Kier alpha value is -3.84. The van der Waals surface area contributed by atoms with Gasteiger partial charge in [0.15, 0.2) is 5.13 Å². The number of aromatic nitrogens is 3. The number of anilines is 1. The van der Waals surface area contributed by atoms with E-state index in [2.05, 4.69) is 26.3 Å². The summed E-state index contributed by atoms with van der Waals surface area (Å²) in [6.45, 7) is 1.84. The first-order valence-corrected chi connectivity index (χ1v) is 12.7. The van der Waals surface area contributed by atoms with Gasteiger partial charge >= 0.3 is 0 Å². The van der Waals surface area contributed by atoms with Gasteiger partial charge in [0.2, 0.25) is 0 Å². The summed E-state index contributed by atoms with van der Waals surface area (Å²) in [6.07, 6.45) is 4.48. The second-order valence-electron chi connectivity index (χ2n) is 8.82. The molecule has 0 aliphatic heterocycles. The van der Waals surface area contributed by atoms with Crippen LogP contribution >= 0.6 is 22.9 Å². The molecule has 8 nitrogen and oxygen atoms in total. The molecular formula is C27H22ClN5O3S. The van der Waals surface area contributed by atoms with Crippen molar-refractivity contribution < 1.29 is 14.6 Å². The average Bonchev–Trinajstić information content (AvgIpc) is 3.29. The summed E-state index contributed by atoms with van der Waals surface area (Å²) in [7, 11) is 1.53. The fourth-order valence-corrected chi connectivity index (χ4v) is 5.74. The van der Waals surface area contributed by atoms with Crippen molar-refractivity contribution in [1.82, 2.24) is 15.0 Å². The van der Waals surface area contributed by atoms with Crippen LogP contribution in [0, 0.1) is 18.3 Å². The number of carbonyl (C=O) groups excluding carboxylic acids is 1. The van der Waals surface area contributed by atoms with Crippen LogP contribution in [0.1, 0.15) is 44.2 Å². The number of fused-ring (bicyclic) bond motifs is 1. The summed E-state index contributed by atoms with van der Waals surface area (Å²) < 4.78 is 5.45. The number of rotatable bonds is 5. The number of methoxy groups -OCH3 is 1. The number of nitrogens with zero attached hydrogens (tertiary/aromatic N) is 4. The number of benzene rings is 1. The van der Waals surface area contributed by atoms with E-state index >= 15 is 0 Å². The van der Waals surface area contributed by atoms with E-state index in [-0.39, 0.29) is 11.1 Å². The van der Waals surface area contributed by atoms with Gasteiger partial charge in [-0.3, -0.25) is 15.1 Å². The van der Waals surface area contributed by atoms with Gasteiger partial charge in [0.1, 0.15) is 10.9 Å². The van der Waals surface area contributed by atoms with Crippen molar-refractivity contribution in [3.63, 3.8) is 0 Å². The van der Waals surface area contributed by atoms with Gasteiger partial charge in [0.05, 0.1) is 41.8 Å². The molecule has 37 heavy (non-hydrogen) atoms. The maximum absolute atomic E-state index is 13.4. The normalized spacial score (nSPS) is 16.5. The Morgan fingerprint density at radius 2 is 2.00 bits per heavy atom. The quantitative estimate of drug-likeness (QED) is 0.345. The summed E-state index contributed by atoms with van der Waals surface area (Å²) >= 11 is 7.49. The molecule has 3 aromatic heterocycles. The van der Waals surface area contributed by atoms with Gasteiger partial charge in [-0.1, -0.05) is 23.7 Å². The Bertz CT molecular complexity index is 1550. The Morgan fingerprint density at radius 1 is 1.22 bits per heavy atom. The number of nitrogens with one attached hydrogen (secondary N) is 1. The van der Waals surface area contributed by atoms with Crippen molar-refractivity contribution in [2.45, 2.75) is 31.8 Å². The molecule has 0 bridgehead atoms. The van der Waals surface area contributed by atoms with Crippen LogP contribution in [-0.2, 0) is 18.4 Å². The largest absolute Gasteiger partial charge is 0.494 e. The molecule has 1 atom stereocenters. The molecule has 1 amide bonds. The van der Waals surface area contributed by atoms with Crippen molar-refractivity contribution >= 4 is 34.0 Å². The van der Waals surface area contributed by atoms with Gasteiger partial charge in [0.25, 0.3) is 5.91 Å². The van der Waals surface area contributed by atoms with Gasteiger partial charge in [-0.25, -0.2) is 9.97 Å². The molecule has 5 rings (SSSR count). The third-order valence-corrected chi connectivity index (χ3v) is 7.63. The molecule has 2 N–H and O–H groups in total. The second kappa shape index (κ2) is 9.90. The maximum Gasteiger partial charge on any atom is 0.259 e. The molecule has 0 saturated heterocycles. The number of hydrogen-bond donors (Lipinski definition) is 2. The van der Waals surface area contributed by atoms with Crippen LogP contribution in [0.4, 0.5) is 5.13 Å². The topological polar surface area (TPSA) is 121 Å². The molecule has 0 spiro atoms. The predicted molar refractivity (Wildman–Crippen MR) is 141 cm³/mol. The molecule has 186 valence electrons. The number of aryl methyl sites for hydroxylation is 2. The Kier molecular flexibility index (Phi) is 6.65. The van der Waals surface area contributed by atoms with Crippen LogP contribution in [0.3, 0.4) is 0 Å². The first-order chi connectivity index (χ1) is 17.8. The Morgan fingerprint density at radius 3 is 2.73 bits per heavy atom. The van der Waals surface area contributed by atoms with Crippen LogP contribution in [0.25, 0.3) is 11.1 Å². The SMILES string of the molecule is COc1cnc(Cl)cc1-c1cc(C)ncc1C(=O)Nc1nc2c(s1)CC(O)(c1ccc(C#N)cc1)CC2. The first kappa shape index (κ1) is 24.8. The molecular weight excluding hydrogens is 510 g/mol. The molecule has 1 aliphatic rings. The molecule has 4 aromatic rings. The zero-order chi connectivity index (χ0) is 26.2. The molecule has 0 saturated carbocycles. The van der Waals surface area contributed by atoms with Crippen molar-refractivity contribution in [3.8, 4) is 22.9 Å². The van der Waals surface area contributed by atoms with E-state index in [9.17, 15) is 9.90 Å². The van der Waals surface area contributed by atoms with Crippen LogP contribution in [0.5, 0.6) is 5.75 Å². The highest BCUT2D eigenvalue weighted by Crippen LogP contribution is 2.40. The smallest absolute Gasteiger partial charge is 0.259 e. The van der Waals surface area contributed by atoms with Gasteiger partial charge in [0, 0.05) is 34.3 Å². The molecule has 1 unspecified atom stereocenters. The summed E-state index contributed by atoms with van der Waals surface area (Å²) in [4.78, 5) is 27.3. The van der Waals surface area contributed by atoms with E-state index in [1.807, 2.05) is 6.92 Å². The minimum Gasteiger partial charge on any atom is -0.494 e. The number of carbonyl (C=O) groups is 1. The van der Waals surface area contributed by atoms with E-state index in [0.29, 0.717) is 52.4 Å². The lowest BCUT2D eigenvalue weighted by Gasteiger charge is -2.31. The van der Waals surface area contributed by atoms with Crippen LogP contribution in [-0.4, -0.2) is 33.1 Å². The van der Waals surface area contributed by atoms with Crippen molar-refractivity contribution in [3.05, 3.63) is 86.9 Å². The predicted octanol–water partition coefficient (Wildman–Crippen LogP) is 5.07. The van der Waals surface area contributed by atoms with Crippen molar-refractivity contribution in [1.29, 1.82) is 5.26 Å². The lowest BCUT2D eigenvalue weighted by Crippen LogP contribution is -2.32. The highest BCUT2D eigenvalue weighted by molar-refractivity contribution is 7.15. The number of thiazole rings is 1. The van der Waals surface area contributed by atoms with Crippen LogP contribution < -0.4 is 10.1 Å². The Balaban J connectivity index is 1.41. The van der Waals surface area contributed by atoms with Gasteiger partial charge in [-0.05, 0) is 49.6 Å². The molecule has 1 aromatic carbocycles. The number of ether oxygens (including phenoxy) is 1. The van der Waals surface area contributed by atoms with Crippen molar-refractivity contribution in [2.24, 2.45) is 0 Å². The molecule has 3 heterocycles. The summed E-state index contributed by atoms with van der Waals surface area (Å²) in [5, 5.41) is 24.0. The van der Waals surface area contributed by atoms with E-state index in [0.717, 1.165) is 21.8 Å². The number of pyridine rings is 2. The minimum absolute atomic E-state index is 0.277. The van der Waals surface area contributed by atoms with E-state index in [4.69, 9.17) is 21.6 Å². The third-order valence-electron chi connectivity index (χ3n) is 6.41. The van der Waals surface area contributed by atoms with Crippen molar-refractivity contribution in [2.75, 3.05) is 12.4 Å². The Labute approximate surface area is 222 Å². The monoisotopic (exact) mass is 531 g/mol. The van der Waals surface area contributed by atoms with E-state index in [1.165, 1.54) is 30.8 Å². The van der Waals surface area contributed by atoms with E-state index in [1.54, 1.807) is 36.4 Å². The summed E-state index contributed by atoms with van der Waals surface area (Å²) in [5.74, 6) is 0.113. The van der Waals surface area contributed by atoms with E-state index < -0.39 is 5.60 Å². The number of halogens is 1. The lowest BCUT2D eigenvalue weighted by molar-refractivity contribution is 0.0228. The minimum atomic E-state index is -1.06. The number of aliphatic hydroxyl groups is 1. The standard InChI is InChI=1S/C27H22ClN5O3S/c1-15-9-18(19-10-24(28)31-14-22(19)36-2)20(13-30-15)25(34)33-26-32-21-7-8-27(35,11-23(21)37-26)17-5-3-16(12-29)4-6-17/h3-6,9-10,13-14,35H,7-8,11H2,1-2H3,(H,32,33,34). The summed E-state index contributed by atoms with van der Waals surface area (Å²) in [6, 6.07) is 12.5. The number of hydrogen-bond acceptors (Lipinski definition) is 8. The molecule has 0 radical (unpaired) electrons. The van der Waals surface area contributed by atoms with Crippen LogP contribution in [0.15, 0.2) is 48.8 Å². The second-order valence-corrected chi connectivity index (χ2v) is 10.3. The molecule has 0 fully saturated rings. The summed E-state index contributed by atoms with van der Waals surface area (Å²) in [5.41, 5.74) is 3.43. The number of nitriles is 1. The van der Waals surface area contributed by atoms with Gasteiger partial charge in [-0.2, -0.15) is 5.26 Å². The first-order valence-electron chi connectivity index (χ1n) is 11.5. The highest BCUT2D eigenvalue weighted by atomic mass is 35.5. The lowest BCUT2D eigenvalue weighted by atomic mass is 9.81. The zero-order valence-corrected chi connectivity index (χ0v) is 21.7. The van der Waals surface area contributed by atoms with Gasteiger partial charge in [-0.15, -0.1) is 11.3 Å². The third kappa shape index (κ3) is 4.91. The molecule has 10 heteroatoms. The fourth-order valence-electron chi connectivity index (χ4n) is 4.47. The fraction of sp³-hybridized carbons (Fsp3) is 0.222. The maximum atomic E-state index is 13.4.